The summed E-state index contributed by atoms with van der Waals surface area (Å²) < 4.78 is 32.2. The molecule has 0 bridgehead atoms. The average Bonchev–Trinajstić information content (AvgIpc) is 3.12. The Labute approximate surface area is 189 Å². The summed E-state index contributed by atoms with van der Waals surface area (Å²) in [4.78, 5) is 25.8. The van der Waals surface area contributed by atoms with Crippen LogP contribution in [0.15, 0.2) is 65.6 Å². The molecule has 1 amide bonds. The minimum Gasteiger partial charge on any atom is -0.452 e. The quantitative estimate of drug-likeness (QED) is 0.471. The first-order valence-corrected chi connectivity index (χ1v) is 12.1. The third-order valence-electron chi connectivity index (χ3n) is 5.35. The van der Waals surface area contributed by atoms with Crippen molar-refractivity contribution in [3.8, 4) is 0 Å². The van der Waals surface area contributed by atoms with Gasteiger partial charge in [-0.25, -0.2) is 13.2 Å². The van der Waals surface area contributed by atoms with Crippen molar-refractivity contribution in [1.82, 2.24) is 4.31 Å². The number of amides is 1. The predicted molar refractivity (Wildman–Crippen MR) is 124 cm³/mol. The molecule has 2 aromatic carbocycles. The highest BCUT2D eigenvalue weighted by Crippen LogP contribution is 2.21. The zero-order chi connectivity index (χ0) is 23.0. The lowest BCUT2D eigenvalue weighted by molar-refractivity contribution is -0.142. The first-order chi connectivity index (χ1) is 15.4. The number of hydrogen-bond donors (Lipinski definition) is 0. The van der Waals surface area contributed by atoms with Crippen LogP contribution in [0.3, 0.4) is 0 Å². The van der Waals surface area contributed by atoms with Crippen LogP contribution in [0.4, 0.5) is 5.69 Å². The van der Waals surface area contributed by atoms with Gasteiger partial charge < -0.3 is 9.64 Å². The molecule has 2 aromatic rings. The van der Waals surface area contributed by atoms with E-state index in [1.54, 1.807) is 47.8 Å². The number of ether oxygens (including phenoxy) is 1. The SMILES string of the molecule is CN(C(=O)COC(=O)C=Cc1ccc(S(=O)(=O)N2CCCCCC2)cc1)c1ccccc1. The molecule has 0 spiro atoms. The van der Waals surface area contributed by atoms with Crippen molar-refractivity contribution >= 4 is 33.7 Å². The summed E-state index contributed by atoms with van der Waals surface area (Å²) in [5.74, 6) is -0.998. The number of sulfonamides is 1. The summed E-state index contributed by atoms with van der Waals surface area (Å²) >= 11 is 0. The number of benzene rings is 2. The average molecular weight is 457 g/mol. The van der Waals surface area contributed by atoms with Gasteiger partial charge in [0.05, 0.1) is 4.90 Å². The zero-order valence-corrected chi connectivity index (χ0v) is 19.0. The van der Waals surface area contributed by atoms with Gasteiger partial charge in [-0.2, -0.15) is 4.31 Å². The van der Waals surface area contributed by atoms with Gasteiger partial charge in [0.15, 0.2) is 6.61 Å². The van der Waals surface area contributed by atoms with Crippen molar-refractivity contribution in [2.24, 2.45) is 0 Å². The van der Waals surface area contributed by atoms with Crippen LogP contribution in [0, 0.1) is 0 Å². The maximum absolute atomic E-state index is 12.8. The molecule has 1 aliphatic heterocycles. The summed E-state index contributed by atoms with van der Waals surface area (Å²) in [5, 5.41) is 0. The molecular formula is C24H28N2O5S. The van der Waals surface area contributed by atoms with Gasteiger partial charge >= 0.3 is 5.97 Å². The highest BCUT2D eigenvalue weighted by molar-refractivity contribution is 7.89. The normalized spacial score (nSPS) is 15.3. The largest absolute Gasteiger partial charge is 0.452 e. The van der Waals surface area contributed by atoms with E-state index in [1.807, 2.05) is 18.2 Å². The number of esters is 1. The lowest BCUT2D eigenvalue weighted by Crippen LogP contribution is -2.31. The van der Waals surface area contributed by atoms with Crippen LogP contribution in [0.25, 0.3) is 6.08 Å². The van der Waals surface area contributed by atoms with Crippen LogP contribution >= 0.6 is 0 Å². The number of anilines is 1. The van der Waals surface area contributed by atoms with E-state index in [0.717, 1.165) is 25.7 Å². The third-order valence-corrected chi connectivity index (χ3v) is 7.26. The Bertz CT molecular complexity index is 1040. The van der Waals surface area contributed by atoms with Gasteiger partial charge in [-0.05, 0) is 48.7 Å². The van der Waals surface area contributed by atoms with Crippen molar-refractivity contribution in [1.29, 1.82) is 0 Å². The standard InChI is InChI=1S/C24H28N2O5S/c1-25(21-9-5-4-6-10-21)23(27)19-31-24(28)16-13-20-11-14-22(15-12-20)32(29,30)26-17-7-2-3-8-18-26/h4-6,9-16H,2-3,7-8,17-19H2,1H3. The van der Waals surface area contributed by atoms with Gasteiger partial charge in [0, 0.05) is 31.9 Å². The molecule has 170 valence electrons. The van der Waals surface area contributed by atoms with E-state index in [0.29, 0.717) is 24.3 Å². The molecule has 7 nitrogen and oxygen atoms in total. The Morgan fingerprint density at radius 2 is 1.59 bits per heavy atom. The first kappa shape index (κ1) is 23.7. The molecular weight excluding hydrogens is 428 g/mol. The highest BCUT2D eigenvalue weighted by Gasteiger charge is 2.24. The Morgan fingerprint density at radius 3 is 2.22 bits per heavy atom. The predicted octanol–water partition coefficient (Wildman–Crippen LogP) is 3.47. The van der Waals surface area contributed by atoms with Crippen LogP contribution in [-0.2, 0) is 24.3 Å². The molecule has 32 heavy (non-hydrogen) atoms. The molecule has 3 rings (SSSR count). The molecule has 1 heterocycles. The third kappa shape index (κ3) is 6.27. The van der Waals surface area contributed by atoms with Crippen molar-refractivity contribution < 1.29 is 22.7 Å². The van der Waals surface area contributed by atoms with E-state index in [1.165, 1.54) is 17.1 Å². The van der Waals surface area contributed by atoms with Crippen LogP contribution in [0.5, 0.6) is 0 Å². The fraction of sp³-hybridized carbons (Fsp3) is 0.333. The summed E-state index contributed by atoms with van der Waals surface area (Å²) in [5.41, 5.74) is 1.36. The second kappa shape index (κ2) is 11.1. The topological polar surface area (TPSA) is 84.0 Å². The van der Waals surface area contributed by atoms with Crippen LogP contribution in [0.2, 0.25) is 0 Å². The second-order valence-electron chi connectivity index (χ2n) is 7.62. The Balaban J connectivity index is 1.53. The number of carbonyl (C=O) groups is 2. The number of nitrogens with zero attached hydrogens (tertiary/aromatic N) is 2. The molecule has 8 heteroatoms. The van der Waals surface area contributed by atoms with E-state index in [4.69, 9.17) is 4.74 Å². The number of carbonyl (C=O) groups excluding carboxylic acids is 2. The van der Waals surface area contributed by atoms with E-state index < -0.39 is 16.0 Å². The molecule has 0 atom stereocenters. The minimum atomic E-state index is -3.51. The summed E-state index contributed by atoms with van der Waals surface area (Å²) in [6.45, 7) is 0.726. The molecule has 1 aliphatic rings. The minimum absolute atomic E-state index is 0.244. The van der Waals surface area contributed by atoms with Crippen molar-refractivity contribution in [2.45, 2.75) is 30.6 Å². The van der Waals surface area contributed by atoms with Crippen LogP contribution < -0.4 is 4.90 Å². The van der Waals surface area contributed by atoms with Gasteiger partial charge in [-0.15, -0.1) is 0 Å². The van der Waals surface area contributed by atoms with Crippen LogP contribution in [0.1, 0.15) is 31.2 Å². The van der Waals surface area contributed by atoms with E-state index in [9.17, 15) is 18.0 Å². The lowest BCUT2D eigenvalue weighted by Gasteiger charge is -2.19. The van der Waals surface area contributed by atoms with E-state index in [2.05, 4.69) is 0 Å². The van der Waals surface area contributed by atoms with Crippen molar-refractivity contribution in [3.05, 3.63) is 66.2 Å². The molecule has 0 unspecified atom stereocenters. The Kier molecular flexibility index (Phi) is 8.19. The van der Waals surface area contributed by atoms with Gasteiger partial charge in [0.25, 0.3) is 5.91 Å². The van der Waals surface area contributed by atoms with Gasteiger partial charge in [-0.1, -0.05) is 43.2 Å². The molecule has 0 saturated carbocycles. The molecule has 1 fully saturated rings. The Hall–Kier alpha value is -2.97. The summed E-state index contributed by atoms with van der Waals surface area (Å²) in [6.07, 6.45) is 6.61. The number of likely N-dealkylation sites (N-methyl/N-ethyl adjacent to an activating group) is 1. The smallest absolute Gasteiger partial charge is 0.331 e. The summed E-state index contributed by atoms with van der Waals surface area (Å²) in [6, 6.07) is 15.4. The van der Waals surface area contributed by atoms with E-state index in [-0.39, 0.29) is 17.4 Å². The Morgan fingerprint density at radius 1 is 0.969 bits per heavy atom. The molecule has 0 aromatic heterocycles. The fourth-order valence-corrected chi connectivity index (χ4v) is 4.94. The number of rotatable bonds is 7. The zero-order valence-electron chi connectivity index (χ0n) is 18.1. The van der Waals surface area contributed by atoms with Gasteiger partial charge in [-0.3, -0.25) is 4.79 Å². The van der Waals surface area contributed by atoms with Crippen molar-refractivity contribution in [3.63, 3.8) is 0 Å². The molecule has 0 N–H and O–H groups in total. The van der Waals surface area contributed by atoms with Crippen molar-refractivity contribution in [2.75, 3.05) is 31.6 Å². The highest BCUT2D eigenvalue weighted by atomic mass is 32.2. The molecule has 1 saturated heterocycles. The number of para-hydroxylation sites is 1. The van der Waals surface area contributed by atoms with E-state index >= 15 is 0 Å². The second-order valence-corrected chi connectivity index (χ2v) is 9.55. The van der Waals surface area contributed by atoms with Crippen LogP contribution in [-0.4, -0.2) is 51.3 Å². The maximum atomic E-state index is 12.8. The monoisotopic (exact) mass is 456 g/mol. The maximum Gasteiger partial charge on any atom is 0.331 e. The fourth-order valence-electron chi connectivity index (χ4n) is 3.42. The molecule has 0 aliphatic carbocycles. The number of hydrogen-bond acceptors (Lipinski definition) is 5. The first-order valence-electron chi connectivity index (χ1n) is 10.6. The lowest BCUT2D eigenvalue weighted by atomic mass is 10.2. The van der Waals surface area contributed by atoms with Gasteiger partial charge in [0.2, 0.25) is 10.0 Å². The molecule has 0 radical (unpaired) electrons. The summed E-state index contributed by atoms with van der Waals surface area (Å²) in [7, 11) is -1.89. The van der Waals surface area contributed by atoms with Gasteiger partial charge in [0.1, 0.15) is 0 Å².